The lowest BCUT2D eigenvalue weighted by atomic mass is 9.80. The molecule has 0 spiro atoms. The van der Waals surface area contributed by atoms with Crippen molar-refractivity contribution in [3.63, 3.8) is 0 Å². The normalized spacial score (nSPS) is 10.2. The molecule has 2 rings (SSSR count). The third-order valence-electron chi connectivity index (χ3n) is 2.24. The van der Waals surface area contributed by atoms with Gasteiger partial charge in [0.1, 0.15) is 17.3 Å². The van der Waals surface area contributed by atoms with Gasteiger partial charge in [0.15, 0.2) is 0 Å². The third-order valence-corrected chi connectivity index (χ3v) is 2.49. The molecule has 0 amide bonds. The summed E-state index contributed by atoms with van der Waals surface area (Å²) < 4.78 is 18.6. The third kappa shape index (κ3) is 3.23. The van der Waals surface area contributed by atoms with Gasteiger partial charge in [-0.25, -0.2) is 4.39 Å². The van der Waals surface area contributed by atoms with Gasteiger partial charge in [-0.2, -0.15) is 0 Å². The van der Waals surface area contributed by atoms with E-state index in [1.165, 1.54) is 6.07 Å². The molecule has 18 heavy (non-hydrogen) atoms. The molecule has 0 radical (unpaired) electrons. The Morgan fingerprint density at radius 1 is 1.00 bits per heavy atom. The fraction of sp³-hybridized carbons (Fsp3) is 0. The van der Waals surface area contributed by atoms with Crippen LogP contribution in [0.4, 0.5) is 4.39 Å². The van der Waals surface area contributed by atoms with Gasteiger partial charge in [0.25, 0.3) is 0 Å². The highest BCUT2D eigenvalue weighted by Gasteiger charge is 2.14. The maximum Gasteiger partial charge on any atom is 0.488 e. The molecule has 2 aromatic rings. The van der Waals surface area contributed by atoms with Crippen molar-refractivity contribution in [2.45, 2.75) is 0 Å². The molecule has 0 saturated heterocycles. The van der Waals surface area contributed by atoms with Gasteiger partial charge < -0.3 is 14.8 Å². The Labute approximate surface area is 109 Å². The molecule has 0 saturated carbocycles. The summed E-state index contributed by atoms with van der Waals surface area (Å²) in [4.78, 5) is 0. The highest BCUT2D eigenvalue weighted by Crippen LogP contribution is 2.22. The smallest absolute Gasteiger partial charge is 0.457 e. The van der Waals surface area contributed by atoms with Gasteiger partial charge in [0, 0.05) is 11.1 Å². The lowest BCUT2D eigenvalue weighted by molar-refractivity contribution is 0.424. The number of ether oxygens (including phenoxy) is 1. The van der Waals surface area contributed by atoms with E-state index in [0.29, 0.717) is 10.8 Å². The highest BCUT2D eigenvalue weighted by atomic mass is 35.5. The summed E-state index contributed by atoms with van der Waals surface area (Å²) in [6.07, 6.45) is 0. The van der Waals surface area contributed by atoms with E-state index in [4.69, 9.17) is 26.4 Å². The second-order valence-corrected chi connectivity index (χ2v) is 4.09. The SMILES string of the molecule is OB(O)c1cc(F)cc(Oc2ccc(Cl)cc2)c1. The van der Waals surface area contributed by atoms with Crippen LogP contribution in [-0.2, 0) is 0 Å². The van der Waals surface area contributed by atoms with Gasteiger partial charge >= 0.3 is 7.12 Å². The summed E-state index contributed by atoms with van der Waals surface area (Å²) in [7, 11) is -1.74. The van der Waals surface area contributed by atoms with Crippen molar-refractivity contribution in [3.8, 4) is 11.5 Å². The molecule has 92 valence electrons. The van der Waals surface area contributed by atoms with Crippen LogP contribution in [0.3, 0.4) is 0 Å². The van der Waals surface area contributed by atoms with Crippen molar-refractivity contribution in [2.24, 2.45) is 0 Å². The van der Waals surface area contributed by atoms with Crippen molar-refractivity contribution in [2.75, 3.05) is 0 Å². The predicted octanol–water partition coefficient (Wildman–Crippen LogP) is 1.95. The molecule has 2 aromatic carbocycles. The minimum atomic E-state index is -1.74. The Hall–Kier alpha value is -1.56. The fourth-order valence-corrected chi connectivity index (χ4v) is 1.56. The molecule has 0 aliphatic heterocycles. The average Bonchev–Trinajstić information content (AvgIpc) is 2.31. The maximum absolute atomic E-state index is 13.2. The summed E-state index contributed by atoms with van der Waals surface area (Å²) in [6, 6.07) is 10.1. The molecule has 0 bridgehead atoms. The van der Waals surface area contributed by atoms with Gasteiger partial charge in [-0.3, -0.25) is 0 Å². The van der Waals surface area contributed by atoms with Gasteiger partial charge in [0.05, 0.1) is 0 Å². The van der Waals surface area contributed by atoms with Crippen molar-refractivity contribution in [1.82, 2.24) is 0 Å². The maximum atomic E-state index is 13.2. The second kappa shape index (κ2) is 5.39. The molecule has 3 nitrogen and oxygen atoms in total. The van der Waals surface area contributed by atoms with Crippen LogP contribution in [0.25, 0.3) is 0 Å². The molecule has 0 atom stereocenters. The predicted molar refractivity (Wildman–Crippen MR) is 67.8 cm³/mol. The van der Waals surface area contributed by atoms with Crippen molar-refractivity contribution < 1.29 is 19.2 Å². The van der Waals surface area contributed by atoms with E-state index in [-0.39, 0.29) is 11.2 Å². The van der Waals surface area contributed by atoms with Crippen LogP contribution >= 0.6 is 11.6 Å². The largest absolute Gasteiger partial charge is 0.488 e. The standard InChI is InChI=1S/C12H9BClFO3/c14-9-1-3-11(4-2-9)18-12-6-8(13(16)17)5-10(15)7-12/h1-7,16-17H. The molecule has 0 aliphatic carbocycles. The lowest BCUT2D eigenvalue weighted by Crippen LogP contribution is -2.30. The average molecular weight is 266 g/mol. The van der Waals surface area contributed by atoms with Crippen molar-refractivity contribution in [1.29, 1.82) is 0 Å². The van der Waals surface area contributed by atoms with E-state index in [9.17, 15) is 4.39 Å². The molecule has 0 fully saturated rings. The number of rotatable bonds is 3. The number of hydrogen-bond acceptors (Lipinski definition) is 3. The molecule has 6 heteroatoms. The van der Waals surface area contributed by atoms with E-state index >= 15 is 0 Å². The summed E-state index contributed by atoms with van der Waals surface area (Å²) in [5.41, 5.74) is 0.0268. The monoisotopic (exact) mass is 266 g/mol. The zero-order valence-corrected chi connectivity index (χ0v) is 9.93. The van der Waals surface area contributed by atoms with E-state index in [0.717, 1.165) is 12.1 Å². The van der Waals surface area contributed by atoms with E-state index in [2.05, 4.69) is 0 Å². The first kappa shape index (κ1) is 12.9. The Balaban J connectivity index is 2.26. The van der Waals surface area contributed by atoms with Crippen LogP contribution in [0.15, 0.2) is 42.5 Å². The topological polar surface area (TPSA) is 49.7 Å². The first-order chi connectivity index (χ1) is 8.54. The molecule has 0 unspecified atom stereocenters. The van der Waals surface area contributed by atoms with Gasteiger partial charge in [-0.15, -0.1) is 0 Å². The van der Waals surface area contributed by atoms with Crippen LogP contribution in [0.2, 0.25) is 5.02 Å². The minimum absolute atomic E-state index is 0.0268. The first-order valence-corrected chi connectivity index (χ1v) is 5.52. The molecular formula is C12H9BClFO3. The van der Waals surface area contributed by atoms with Crippen LogP contribution in [0.1, 0.15) is 0 Å². The summed E-state index contributed by atoms with van der Waals surface area (Å²) in [6.45, 7) is 0. The van der Waals surface area contributed by atoms with Crippen LogP contribution in [0, 0.1) is 5.82 Å². The fourth-order valence-electron chi connectivity index (χ4n) is 1.43. The van der Waals surface area contributed by atoms with Crippen LogP contribution in [0.5, 0.6) is 11.5 Å². The summed E-state index contributed by atoms with van der Waals surface area (Å²) in [5, 5.41) is 18.5. The molecule has 0 aromatic heterocycles. The zero-order chi connectivity index (χ0) is 13.1. The molecule has 2 N–H and O–H groups in total. The Morgan fingerprint density at radius 3 is 2.28 bits per heavy atom. The number of halogens is 2. The molecule has 0 aliphatic rings. The lowest BCUT2D eigenvalue weighted by Gasteiger charge is -2.08. The number of hydrogen-bond donors (Lipinski definition) is 2. The number of benzene rings is 2. The molecular weight excluding hydrogens is 257 g/mol. The van der Waals surface area contributed by atoms with E-state index < -0.39 is 12.9 Å². The van der Waals surface area contributed by atoms with Gasteiger partial charge in [-0.1, -0.05) is 11.6 Å². The summed E-state index contributed by atoms with van der Waals surface area (Å²) >= 11 is 5.72. The first-order valence-electron chi connectivity index (χ1n) is 5.14. The zero-order valence-electron chi connectivity index (χ0n) is 9.18. The van der Waals surface area contributed by atoms with Gasteiger partial charge in [0.2, 0.25) is 0 Å². The van der Waals surface area contributed by atoms with E-state index in [1.807, 2.05) is 0 Å². The van der Waals surface area contributed by atoms with Crippen LogP contribution in [-0.4, -0.2) is 17.2 Å². The summed E-state index contributed by atoms with van der Waals surface area (Å²) in [5.74, 6) is 0.0494. The minimum Gasteiger partial charge on any atom is -0.457 e. The quantitative estimate of drug-likeness (QED) is 0.835. The Morgan fingerprint density at radius 2 is 1.67 bits per heavy atom. The van der Waals surface area contributed by atoms with Crippen molar-refractivity contribution >= 4 is 24.2 Å². The van der Waals surface area contributed by atoms with Crippen molar-refractivity contribution in [3.05, 3.63) is 53.3 Å². The second-order valence-electron chi connectivity index (χ2n) is 3.65. The van der Waals surface area contributed by atoms with Gasteiger partial charge in [-0.05, 0) is 41.9 Å². The Kier molecular flexibility index (Phi) is 3.86. The molecule has 0 heterocycles. The van der Waals surface area contributed by atoms with Crippen LogP contribution < -0.4 is 10.2 Å². The van der Waals surface area contributed by atoms with E-state index in [1.54, 1.807) is 24.3 Å². The Bertz CT molecular complexity index is 546. The highest BCUT2D eigenvalue weighted by molar-refractivity contribution is 6.58.